The van der Waals surface area contributed by atoms with Crippen LogP contribution in [0.2, 0.25) is 0 Å². The number of pyridine rings is 1. The second kappa shape index (κ2) is 11.6. The summed E-state index contributed by atoms with van der Waals surface area (Å²) < 4.78 is 75.3. The average Bonchev–Trinajstić information content (AvgIpc) is 2.97. The molecule has 0 radical (unpaired) electrons. The number of sulfonamides is 1. The molecule has 1 fully saturated rings. The third kappa shape index (κ3) is 6.19. The van der Waals surface area contributed by atoms with Crippen molar-refractivity contribution in [2.45, 2.75) is 24.5 Å². The molecule has 1 amide bonds. The summed E-state index contributed by atoms with van der Waals surface area (Å²) in [6.07, 6.45) is -2.19. The molecule has 0 atom stereocenters. The fraction of sp³-hybridized carbons (Fsp3) is 0.267. The van der Waals surface area contributed by atoms with E-state index in [1.54, 1.807) is 47.4 Å². The Morgan fingerprint density at radius 1 is 1.00 bits per heavy atom. The third-order valence-corrected chi connectivity index (χ3v) is 8.88. The maximum atomic E-state index is 14.1. The summed E-state index contributed by atoms with van der Waals surface area (Å²) in [5.41, 5.74) is 0.693. The standard InChI is InChI=1S/C30H29F3N4O4S/c1-30(32,33)41-26-19-22(29(38)37-17-15-36(16-18-37)20-23-7-3-4-10-24(23)31)12-13-25(26)35(2)42(39,40)27-11-5-8-21-9-6-14-34-28(21)27/h3-14,19H,15-18,20H2,1-2H3. The number of halogens is 3. The number of benzene rings is 3. The number of nitrogens with zero attached hydrogens (tertiary/aromatic N) is 4. The summed E-state index contributed by atoms with van der Waals surface area (Å²) in [6.45, 7) is 2.61. The van der Waals surface area contributed by atoms with Crippen LogP contribution in [0.1, 0.15) is 22.8 Å². The normalized spacial score (nSPS) is 14.6. The molecule has 5 rings (SSSR count). The highest BCUT2D eigenvalue weighted by Crippen LogP contribution is 2.37. The van der Waals surface area contributed by atoms with Gasteiger partial charge in [0, 0.05) is 69.4 Å². The van der Waals surface area contributed by atoms with E-state index in [0.29, 0.717) is 50.6 Å². The van der Waals surface area contributed by atoms with Gasteiger partial charge < -0.3 is 9.64 Å². The third-order valence-electron chi connectivity index (χ3n) is 7.08. The fourth-order valence-electron chi connectivity index (χ4n) is 4.90. The van der Waals surface area contributed by atoms with Crippen LogP contribution in [0.5, 0.6) is 5.75 Å². The Morgan fingerprint density at radius 3 is 2.43 bits per heavy atom. The van der Waals surface area contributed by atoms with Crippen molar-refractivity contribution in [2.75, 3.05) is 37.5 Å². The van der Waals surface area contributed by atoms with E-state index in [2.05, 4.69) is 4.98 Å². The van der Waals surface area contributed by atoms with Crippen molar-refractivity contribution in [3.05, 3.63) is 95.9 Å². The Bertz CT molecular complexity index is 1720. The van der Waals surface area contributed by atoms with E-state index in [4.69, 9.17) is 4.74 Å². The van der Waals surface area contributed by atoms with Gasteiger partial charge in [-0.05, 0) is 36.4 Å². The molecule has 2 heterocycles. The van der Waals surface area contributed by atoms with Crippen molar-refractivity contribution in [2.24, 2.45) is 0 Å². The minimum Gasteiger partial charge on any atom is -0.430 e. The number of ether oxygens (including phenoxy) is 1. The smallest absolute Gasteiger partial charge is 0.394 e. The number of rotatable bonds is 8. The van der Waals surface area contributed by atoms with Crippen molar-refractivity contribution in [3.63, 3.8) is 0 Å². The molecule has 220 valence electrons. The molecule has 0 bridgehead atoms. The molecule has 0 N–H and O–H groups in total. The first-order valence-corrected chi connectivity index (χ1v) is 14.7. The zero-order valence-corrected chi connectivity index (χ0v) is 23.8. The number of para-hydroxylation sites is 1. The molecule has 42 heavy (non-hydrogen) atoms. The number of fused-ring (bicyclic) bond motifs is 1. The van der Waals surface area contributed by atoms with Gasteiger partial charge >= 0.3 is 6.11 Å². The number of carbonyl (C=O) groups is 1. The number of piperazine rings is 1. The van der Waals surface area contributed by atoms with Crippen molar-refractivity contribution < 1.29 is 31.1 Å². The largest absolute Gasteiger partial charge is 0.430 e. The van der Waals surface area contributed by atoms with E-state index >= 15 is 0 Å². The van der Waals surface area contributed by atoms with Gasteiger partial charge in [-0.3, -0.25) is 19.0 Å². The molecule has 0 aliphatic carbocycles. The van der Waals surface area contributed by atoms with Crippen LogP contribution in [0.25, 0.3) is 10.9 Å². The van der Waals surface area contributed by atoms with E-state index in [-0.39, 0.29) is 27.5 Å². The lowest BCUT2D eigenvalue weighted by Crippen LogP contribution is -2.48. The van der Waals surface area contributed by atoms with Gasteiger partial charge in [0.05, 0.1) is 11.2 Å². The van der Waals surface area contributed by atoms with E-state index in [9.17, 15) is 26.4 Å². The van der Waals surface area contributed by atoms with Crippen molar-refractivity contribution in [1.29, 1.82) is 0 Å². The summed E-state index contributed by atoms with van der Waals surface area (Å²) in [5.74, 6) is -1.18. The molecule has 1 aliphatic heterocycles. The highest BCUT2D eigenvalue weighted by Gasteiger charge is 2.32. The lowest BCUT2D eigenvalue weighted by molar-refractivity contribution is -0.158. The van der Waals surface area contributed by atoms with Crippen LogP contribution in [0.15, 0.2) is 83.9 Å². The van der Waals surface area contributed by atoms with Gasteiger partial charge in [-0.15, -0.1) is 0 Å². The lowest BCUT2D eigenvalue weighted by Gasteiger charge is -2.35. The van der Waals surface area contributed by atoms with Gasteiger partial charge in [0.15, 0.2) is 5.75 Å². The van der Waals surface area contributed by atoms with Crippen LogP contribution >= 0.6 is 0 Å². The van der Waals surface area contributed by atoms with Crippen molar-refractivity contribution >= 4 is 32.5 Å². The maximum Gasteiger partial charge on any atom is 0.394 e. The minimum atomic E-state index is -4.27. The Kier molecular flexibility index (Phi) is 8.11. The van der Waals surface area contributed by atoms with Crippen molar-refractivity contribution in [1.82, 2.24) is 14.8 Å². The molecular weight excluding hydrogens is 569 g/mol. The Hall–Kier alpha value is -4.16. The molecule has 0 unspecified atom stereocenters. The monoisotopic (exact) mass is 598 g/mol. The molecule has 1 saturated heterocycles. The van der Waals surface area contributed by atoms with Crippen LogP contribution in [-0.4, -0.2) is 68.4 Å². The number of alkyl halides is 2. The SMILES string of the molecule is CN(c1ccc(C(=O)N2CCN(Cc3ccccc3F)CC2)cc1OC(C)(F)F)S(=O)(=O)c1cccc2cccnc12. The van der Waals surface area contributed by atoms with Gasteiger partial charge in [-0.2, -0.15) is 8.78 Å². The minimum absolute atomic E-state index is 0.0678. The van der Waals surface area contributed by atoms with Crippen molar-refractivity contribution in [3.8, 4) is 5.75 Å². The van der Waals surface area contributed by atoms with E-state index in [1.165, 1.54) is 37.5 Å². The molecule has 1 aliphatic rings. The number of hydrogen-bond donors (Lipinski definition) is 0. The molecule has 4 aromatic rings. The quantitative estimate of drug-likeness (QED) is 0.279. The van der Waals surface area contributed by atoms with Gasteiger partial charge in [0.1, 0.15) is 10.7 Å². The number of aromatic nitrogens is 1. The second-order valence-corrected chi connectivity index (χ2v) is 12.0. The zero-order valence-electron chi connectivity index (χ0n) is 23.0. The lowest BCUT2D eigenvalue weighted by atomic mass is 10.1. The van der Waals surface area contributed by atoms with E-state index in [1.807, 2.05) is 4.90 Å². The van der Waals surface area contributed by atoms with Crippen LogP contribution in [0.3, 0.4) is 0 Å². The summed E-state index contributed by atoms with van der Waals surface area (Å²) in [4.78, 5) is 21.0. The second-order valence-electron chi connectivity index (χ2n) is 10.1. The van der Waals surface area contributed by atoms with Gasteiger partial charge in [0.2, 0.25) is 0 Å². The van der Waals surface area contributed by atoms with Gasteiger partial charge in [-0.25, -0.2) is 12.8 Å². The van der Waals surface area contributed by atoms with Crippen LogP contribution < -0.4 is 9.04 Å². The molecular formula is C30H29F3N4O4S. The summed E-state index contributed by atoms with van der Waals surface area (Å²) in [7, 11) is -3.04. The summed E-state index contributed by atoms with van der Waals surface area (Å²) in [6, 6.07) is 18.4. The van der Waals surface area contributed by atoms with E-state index in [0.717, 1.165) is 10.4 Å². The molecule has 12 heteroatoms. The fourth-order valence-corrected chi connectivity index (χ4v) is 6.27. The number of anilines is 1. The molecule has 0 spiro atoms. The summed E-state index contributed by atoms with van der Waals surface area (Å²) in [5, 5.41) is 0.596. The Morgan fingerprint density at radius 2 is 1.71 bits per heavy atom. The first-order chi connectivity index (χ1) is 19.9. The number of amides is 1. The molecule has 1 aromatic heterocycles. The maximum absolute atomic E-state index is 14.1. The topological polar surface area (TPSA) is 83.1 Å². The predicted molar refractivity (Wildman–Crippen MR) is 153 cm³/mol. The molecule has 0 saturated carbocycles. The van der Waals surface area contributed by atoms with Crippen LogP contribution in [0, 0.1) is 5.82 Å². The Labute approximate surface area is 242 Å². The first-order valence-electron chi connectivity index (χ1n) is 13.2. The van der Waals surface area contributed by atoms with E-state index < -0.39 is 27.8 Å². The van der Waals surface area contributed by atoms with Gasteiger partial charge in [0.25, 0.3) is 15.9 Å². The Balaban J connectivity index is 1.39. The average molecular weight is 599 g/mol. The highest BCUT2D eigenvalue weighted by atomic mass is 32.2. The predicted octanol–water partition coefficient (Wildman–Crippen LogP) is 5.15. The number of carbonyl (C=O) groups excluding carboxylic acids is 1. The first kappa shape index (κ1) is 29.3. The summed E-state index contributed by atoms with van der Waals surface area (Å²) >= 11 is 0. The highest BCUT2D eigenvalue weighted by molar-refractivity contribution is 7.93. The van der Waals surface area contributed by atoms with Gasteiger partial charge in [-0.1, -0.05) is 36.4 Å². The molecule has 3 aromatic carbocycles. The van der Waals surface area contributed by atoms with Crippen LogP contribution in [-0.2, 0) is 16.6 Å². The van der Waals surface area contributed by atoms with Crippen LogP contribution in [0.4, 0.5) is 18.9 Å². The molecule has 8 nitrogen and oxygen atoms in total. The number of hydrogen-bond acceptors (Lipinski definition) is 6. The zero-order chi connectivity index (χ0) is 30.1.